The van der Waals surface area contributed by atoms with Gasteiger partial charge in [0.15, 0.2) is 0 Å². The first-order valence-electron chi connectivity index (χ1n) is 8.14. The molecule has 1 aliphatic carbocycles. The van der Waals surface area contributed by atoms with Crippen molar-refractivity contribution in [2.45, 2.75) is 51.5 Å². The quantitative estimate of drug-likeness (QED) is 0.855. The lowest BCUT2D eigenvalue weighted by Gasteiger charge is -2.36. The molecule has 1 aromatic heterocycles. The zero-order valence-electron chi connectivity index (χ0n) is 12.8. The first kappa shape index (κ1) is 14.9. The van der Waals surface area contributed by atoms with Gasteiger partial charge in [-0.1, -0.05) is 24.3 Å². The summed E-state index contributed by atoms with van der Waals surface area (Å²) in [5.41, 5.74) is 0.882. The molecule has 1 aromatic rings. The summed E-state index contributed by atoms with van der Waals surface area (Å²) < 4.78 is 3.98. The SMILES string of the molecule is CCCc1nnsc1C(=O)N1CCCN(C2CCC2)CC1. The molecule has 6 heteroatoms. The van der Waals surface area contributed by atoms with Crippen molar-refractivity contribution < 1.29 is 4.79 Å². The summed E-state index contributed by atoms with van der Waals surface area (Å²) in [7, 11) is 0. The van der Waals surface area contributed by atoms with E-state index in [4.69, 9.17) is 0 Å². The van der Waals surface area contributed by atoms with Crippen LogP contribution in [0.1, 0.15) is 54.4 Å². The highest BCUT2D eigenvalue weighted by molar-refractivity contribution is 7.08. The average Bonchev–Trinajstić information content (AvgIpc) is 2.75. The average molecular weight is 308 g/mol. The van der Waals surface area contributed by atoms with Gasteiger partial charge in [0.05, 0.1) is 5.69 Å². The monoisotopic (exact) mass is 308 g/mol. The second-order valence-corrected chi connectivity index (χ2v) is 6.82. The number of aromatic nitrogens is 2. The Balaban J connectivity index is 1.63. The number of aryl methyl sites for hydroxylation is 1. The van der Waals surface area contributed by atoms with E-state index in [1.807, 2.05) is 4.90 Å². The maximum atomic E-state index is 12.7. The van der Waals surface area contributed by atoms with E-state index in [1.54, 1.807) is 0 Å². The van der Waals surface area contributed by atoms with Crippen molar-refractivity contribution in [2.24, 2.45) is 0 Å². The Bertz CT molecular complexity index is 486. The van der Waals surface area contributed by atoms with E-state index in [0.717, 1.165) is 62.1 Å². The Hall–Kier alpha value is -1.01. The number of amides is 1. The zero-order chi connectivity index (χ0) is 14.7. The molecule has 0 aromatic carbocycles. The van der Waals surface area contributed by atoms with Crippen LogP contribution in [0.5, 0.6) is 0 Å². The van der Waals surface area contributed by atoms with Gasteiger partial charge < -0.3 is 4.90 Å². The number of hydrogen-bond acceptors (Lipinski definition) is 5. The maximum absolute atomic E-state index is 12.7. The van der Waals surface area contributed by atoms with Gasteiger partial charge >= 0.3 is 0 Å². The molecule has 0 atom stereocenters. The Kier molecular flexibility index (Phi) is 4.85. The maximum Gasteiger partial charge on any atom is 0.267 e. The molecule has 1 saturated carbocycles. The van der Waals surface area contributed by atoms with Crippen molar-refractivity contribution in [3.63, 3.8) is 0 Å². The number of carbonyl (C=O) groups is 1. The van der Waals surface area contributed by atoms with Crippen LogP contribution >= 0.6 is 11.5 Å². The van der Waals surface area contributed by atoms with Crippen LogP contribution in [-0.2, 0) is 6.42 Å². The summed E-state index contributed by atoms with van der Waals surface area (Å²) in [5, 5.41) is 4.12. The summed E-state index contributed by atoms with van der Waals surface area (Å²) in [4.78, 5) is 18.1. The summed E-state index contributed by atoms with van der Waals surface area (Å²) in [5.74, 6) is 0.143. The van der Waals surface area contributed by atoms with Crippen LogP contribution in [0.2, 0.25) is 0 Å². The molecule has 0 unspecified atom stereocenters. The van der Waals surface area contributed by atoms with Crippen LogP contribution in [0, 0.1) is 0 Å². The van der Waals surface area contributed by atoms with Crippen molar-refractivity contribution in [1.29, 1.82) is 0 Å². The topological polar surface area (TPSA) is 49.3 Å². The summed E-state index contributed by atoms with van der Waals surface area (Å²) in [6.45, 7) is 5.98. The Morgan fingerprint density at radius 1 is 1.24 bits per heavy atom. The smallest absolute Gasteiger partial charge is 0.267 e. The van der Waals surface area contributed by atoms with Crippen molar-refractivity contribution in [1.82, 2.24) is 19.4 Å². The number of rotatable bonds is 4. The van der Waals surface area contributed by atoms with Gasteiger partial charge in [0.25, 0.3) is 5.91 Å². The number of carbonyl (C=O) groups excluding carboxylic acids is 1. The van der Waals surface area contributed by atoms with Crippen LogP contribution in [-0.4, -0.2) is 57.5 Å². The number of nitrogens with zero attached hydrogens (tertiary/aromatic N) is 4. The fourth-order valence-electron chi connectivity index (χ4n) is 3.17. The predicted octanol–water partition coefficient (Wildman–Crippen LogP) is 2.19. The van der Waals surface area contributed by atoms with Gasteiger partial charge in [0, 0.05) is 32.2 Å². The normalized spacial score (nSPS) is 21.1. The molecule has 5 nitrogen and oxygen atoms in total. The summed E-state index contributed by atoms with van der Waals surface area (Å²) >= 11 is 1.25. The lowest BCUT2D eigenvalue weighted by atomic mass is 9.91. The van der Waals surface area contributed by atoms with E-state index in [9.17, 15) is 4.79 Å². The van der Waals surface area contributed by atoms with Gasteiger partial charge in [0.1, 0.15) is 4.88 Å². The number of hydrogen-bond donors (Lipinski definition) is 0. The van der Waals surface area contributed by atoms with Crippen LogP contribution < -0.4 is 0 Å². The van der Waals surface area contributed by atoms with Gasteiger partial charge in [-0.2, -0.15) is 0 Å². The van der Waals surface area contributed by atoms with Crippen molar-refractivity contribution in [2.75, 3.05) is 26.2 Å². The van der Waals surface area contributed by atoms with Gasteiger partial charge in [-0.15, -0.1) is 5.10 Å². The van der Waals surface area contributed by atoms with Crippen LogP contribution in [0.4, 0.5) is 0 Å². The van der Waals surface area contributed by atoms with Crippen molar-refractivity contribution >= 4 is 17.4 Å². The molecule has 0 bridgehead atoms. The minimum Gasteiger partial charge on any atom is -0.337 e. The summed E-state index contributed by atoms with van der Waals surface area (Å²) in [6.07, 6.45) is 6.98. The van der Waals surface area contributed by atoms with Gasteiger partial charge in [-0.25, -0.2) is 0 Å². The van der Waals surface area contributed by atoms with E-state index in [1.165, 1.54) is 30.8 Å². The van der Waals surface area contributed by atoms with Gasteiger partial charge in [-0.3, -0.25) is 9.69 Å². The van der Waals surface area contributed by atoms with E-state index >= 15 is 0 Å². The molecule has 0 spiro atoms. The fourth-order valence-corrected chi connectivity index (χ4v) is 3.85. The van der Waals surface area contributed by atoms with Crippen molar-refractivity contribution in [3.05, 3.63) is 10.6 Å². The molecule has 0 N–H and O–H groups in total. The van der Waals surface area contributed by atoms with Gasteiger partial charge in [-0.05, 0) is 37.2 Å². The van der Waals surface area contributed by atoms with E-state index in [0.29, 0.717) is 0 Å². The lowest BCUT2D eigenvalue weighted by molar-refractivity contribution is 0.0753. The first-order valence-corrected chi connectivity index (χ1v) is 8.91. The molecule has 2 aliphatic rings. The van der Waals surface area contributed by atoms with Crippen LogP contribution in [0.3, 0.4) is 0 Å². The van der Waals surface area contributed by atoms with Crippen molar-refractivity contribution in [3.8, 4) is 0 Å². The third-order valence-electron chi connectivity index (χ3n) is 4.65. The zero-order valence-corrected chi connectivity index (χ0v) is 13.6. The van der Waals surface area contributed by atoms with Gasteiger partial charge in [0.2, 0.25) is 0 Å². The lowest BCUT2D eigenvalue weighted by Crippen LogP contribution is -2.42. The van der Waals surface area contributed by atoms with E-state index in [-0.39, 0.29) is 5.91 Å². The van der Waals surface area contributed by atoms with Crippen LogP contribution in [0.25, 0.3) is 0 Å². The molecule has 1 amide bonds. The molecule has 2 heterocycles. The largest absolute Gasteiger partial charge is 0.337 e. The molecule has 0 radical (unpaired) electrons. The molecule has 1 aliphatic heterocycles. The minimum atomic E-state index is 0.143. The second-order valence-electron chi connectivity index (χ2n) is 6.07. The highest BCUT2D eigenvalue weighted by Crippen LogP contribution is 2.26. The Morgan fingerprint density at radius 2 is 2.10 bits per heavy atom. The Labute approximate surface area is 130 Å². The summed E-state index contributed by atoms with van der Waals surface area (Å²) in [6, 6.07) is 0.778. The second kappa shape index (κ2) is 6.83. The van der Waals surface area contributed by atoms with E-state index < -0.39 is 0 Å². The first-order chi connectivity index (χ1) is 10.3. The minimum absolute atomic E-state index is 0.143. The van der Waals surface area contributed by atoms with E-state index in [2.05, 4.69) is 21.4 Å². The van der Waals surface area contributed by atoms with Crippen LogP contribution in [0.15, 0.2) is 0 Å². The molecular formula is C15H24N4OS. The highest BCUT2D eigenvalue weighted by Gasteiger charge is 2.29. The predicted molar refractivity (Wildman–Crippen MR) is 83.6 cm³/mol. The Morgan fingerprint density at radius 3 is 2.81 bits per heavy atom. The third-order valence-corrected chi connectivity index (χ3v) is 5.40. The third kappa shape index (κ3) is 3.26. The highest BCUT2D eigenvalue weighted by atomic mass is 32.1. The molecule has 21 heavy (non-hydrogen) atoms. The molecule has 1 saturated heterocycles. The molecular weight excluding hydrogens is 284 g/mol. The standard InChI is InChI=1S/C15H24N4OS/c1-2-5-13-14(21-17-16-13)15(20)19-9-4-8-18(10-11-19)12-6-3-7-12/h12H,2-11H2,1H3. The molecule has 2 fully saturated rings. The fraction of sp³-hybridized carbons (Fsp3) is 0.800. The molecule has 116 valence electrons. The molecule has 3 rings (SSSR count).